The summed E-state index contributed by atoms with van der Waals surface area (Å²) in [5.74, 6) is 1.61. The first-order chi connectivity index (χ1) is 11.7. The average Bonchev–Trinajstić information content (AvgIpc) is 3.31. The fourth-order valence-electron chi connectivity index (χ4n) is 4.81. The van der Waals surface area contributed by atoms with Crippen molar-refractivity contribution in [1.82, 2.24) is 15.1 Å². The van der Waals surface area contributed by atoms with Crippen molar-refractivity contribution in [2.45, 2.75) is 64.0 Å². The van der Waals surface area contributed by atoms with E-state index in [1.54, 1.807) is 17.1 Å². The van der Waals surface area contributed by atoms with E-state index in [0.717, 1.165) is 25.2 Å². The average molecular weight is 330 g/mol. The van der Waals surface area contributed by atoms with Gasteiger partial charge < -0.3 is 10.6 Å². The molecule has 3 fully saturated rings. The number of carbonyl (C=O) groups is 2. The first-order valence-electron chi connectivity index (χ1n) is 9.30. The van der Waals surface area contributed by atoms with Crippen LogP contribution in [0.5, 0.6) is 0 Å². The highest BCUT2D eigenvalue weighted by Crippen LogP contribution is 2.48. The summed E-state index contributed by atoms with van der Waals surface area (Å²) in [5, 5.41) is 10.2. The standard InChI is InChI=1S/C18H26N4O2/c23-17(20-14-3-1-2-4-14)11-22-10-15(9-19-22)21-18(24)16-8-12-5-6-13(16)7-12/h9-10,12-14,16H,1-8,11H2,(H,20,23)(H,21,24)/t12-,13-,16-/m1/s1. The fourth-order valence-corrected chi connectivity index (χ4v) is 4.81. The number of hydrogen-bond acceptors (Lipinski definition) is 3. The Kier molecular flexibility index (Phi) is 4.29. The van der Waals surface area contributed by atoms with Gasteiger partial charge in [0.2, 0.25) is 11.8 Å². The van der Waals surface area contributed by atoms with Crippen LogP contribution in [0.1, 0.15) is 51.4 Å². The van der Waals surface area contributed by atoms with Crippen molar-refractivity contribution in [3.8, 4) is 0 Å². The first-order valence-corrected chi connectivity index (χ1v) is 9.30. The molecule has 0 aromatic carbocycles. The summed E-state index contributed by atoms with van der Waals surface area (Å²) in [5.41, 5.74) is 0.691. The SMILES string of the molecule is O=C(Cn1cc(NC(=O)[C@@H]2C[C@@H]3CC[C@@H]2C3)cn1)NC1CCCC1. The molecule has 6 nitrogen and oxygen atoms in total. The second-order valence-electron chi connectivity index (χ2n) is 7.75. The summed E-state index contributed by atoms with van der Waals surface area (Å²) >= 11 is 0. The van der Waals surface area contributed by atoms with Crippen LogP contribution >= 0.6 is 0 Å². The molecule has 3 aliphatic rings. The Hall–Kier alpha value is -1.85. The van der Waals surface area contributed by atoms with Gasteiger partial charge in [-0.05, 0) is 43.9 Å². The molecule has 130 valence electrons. The third-order valence-corrected chi connectivity index (χ3v) is 6.00. The van der Waals surface area contributed by atoms with Crippen LogP contribution in [0.4, 0.5) is 5.69 Å². The highest BCUT2D eigenvalue weighted by molar-refractivity contribution is 5.92. The molecule has 24 heavy (non-hydrogen) atoms. The number of carbonyl (C=O) groups excluding carboxylic acids is 2. The summed E-state index contributed by atoms with van der Waals surface area (Å²) in [6.45, 7) is 0.209. The van der Waals surface area contributed by atoms with Crippen molar-refractivity contribution in [2.75, 3.05) is 5.32 Å². The van der Waals surface area contributed by atoms with Gasteiger partial charge in [0.15, 0.2) is 0 Å². The molecular formula is C18H26N4O2. The maximum atomic E-state index is 12.4. The molecule has 1 aromatic rings. The smallest absolute Gasteiger partial charge is 0.241 e. The van der Waals surface area contributed by atoms with Crippen molar-refractivity contribution in [3.05, 3.63) is 12.4 Å². The van der Waals surface area contributed by atoms with E-state index in [1.807, 2.05) is 0 Å². The van der Waals surface area contributed by atoms with Gasteiger partial charge in [0, 0.05) is 18.2 Å². The highest BCUT2D eigenvalue weighted by atomic mass is 16.2. The molecule has 2 amide bonds. The molecule has 3 aliphatic carbocycles. The number of hydrogen-bond donors (Lipinski definition) is 2. The summed E-state index contributed by atoms with van der Waals surface area (Å²) in [4.78, 5) is 24.5. The van der Waals surface area contributed by atoms with Crippen molar-refractivity contribution >= 4 is 17.5 Å². The largest absolute Gasteiger partial charge is 0.352 e. The predicted molar refractivity (Wildman–Crippen MR) is 90.2 cm³/mol. The van der Waals surface area contributed by atoms with E-state index in [4.69, 9.17) is 0 Å². The summed E-state index contributed by atoms with van der Waals surface area (Å²) < 4.78 is 1.60. The number of rotatable bonds is 5. The molecular weight excluding hydrogens is 304 g/mol. The topological polar surface area (TPSA) is 76.0 Å². The maximum absolute atomic E-state index is 12.4. The Morgan fingerprint density at radius 3 is 2.71 bits per heavy atom. The van der Waals surface area contributed by atoms with Gasteiger partial charge in [-0.25, -0.2) is 0 Å². The zero-order valence-electron chi connectivity index (χ0n) is 14.0. The first kappa shape index (κ1) is 15.7. The van der Waals surface area contributed by atoms with Crippen LogP contribution < -0.4 is 10.6 Å². The number of anilines is 1. The lowest BCUT2D eigenvalue weighted by molar-refractivity contribution is -0.122. The quantitative estimate of drug-likeness (QED) is 0.870. The molecule has 0 spiro atoms. The zero-order chi connectivity index (χ0) is 16.5. The number of aromatic nitrogens is 2. The number of nitrogens with one attached hydrogen (secondary N) is 2. The van der Waals surface area contributed by atoms with Crippen LogP contribution in [0.3, 0.4) is 0 Å². The van der Waals surface area contributed by atoms with E-state index in [1.165, 1.54) is 32.1 Å². The molecule has 2 bridgehead atoms. The number of fused-ring (bicyclic) bond motifs is 2. The third kappa shape index (κ3) is 3.32. The Morgan fingerprint density at radius 2 is 2.00 bits per heavy atom. The summed E-state index contributed by atoms with van der Waals surface area (Å²) in [6, 6.07) is 0.324. The van der Waals surface area contributed by atoms with E-state index in [9.17, 15) is 9.59 Å². The van der Waals surface area contributed by atoms with E-state index in [2.05, 4.69) is 15.7 Å². The van der Waals surface area contributed by atoms with Crippen LogP contribution in [-0.2, 0) is 16.1 Å². The normalized spacial score (nSPS) is 29.1. The molecule has 1 aromatic heterocycles. The molecule has 1 heterocycles. The Morgan fingerprint density at radius 1 is 1.17 bits per heavy atom. The van der Waals surface area contributed by atoms with Gasteiger partial charge in [-0.3, -0.25) is 14.3 Å². The lowest BCUT2D eigenvalue weighted by atomic mass is 9.88. The van der Waals surface area contributed by atoms with Gasteiger partial charge in [0.05, 0.1) is 11.9 Å². The van der Waals surface area contributed by atoms with E-state index in [-0.39, 0.29) is 24.3 Å². The van der Waals surface area contributed by atoms with Gasteiger partial charge in [-0.15, -0.1) is 0 Å². The summed E-state index contributed by atoms with van der Waals surface area (Å²) in [7, 11) is 0. The Balaban J connectivity index is 1.28. The van der Waals surface area contributed by atoms with Crippen molar-refractivity contribution < 1.29 is 9.59 Å². The molecule has 0 radical (unpaired) electrons. The lowest BCUT2D eigenvalue weighted by Crippen LogP contribution is -2.35. The predicted octanol–water partition coefficient (Wildman–Crippen LogP) is 2.32. The number of nitrogens with zero attached hydrogens (tertiary/aromatic N) is 2. The van der Waals surface area contributed by atoms with E-state index >= 15 is 0 Å². The molecule has 0 unspecified atom stereocenters. The minimum Gasteiger partial charge on any atom is -0.352 e. The number of amides is 2. The second kappa shape index (κ2) is 6.57. The third-order valence-electron chi connectivity index (χ3n) is 6.00. The van der Waals surface area contributed by atoms with Gasteiger partial charge in [-0.1, -0.05) is 19.3 Å². The van der Waals surface area contributed by atoms with Crippen molar-refractivity contribution in [1.29, 1.82) is 0 Å². The van der Waals surface area contributed by atoms with Gasteiger partial charge >= 0.3 is 0 Å². The lowest BCUT2D eigenvalue weighted by Gasteiger charge is -2.20. The van der Waals surface area contributed by atoms with Crippen LogP contribution in [0.2, 0.25) is 0 Å². The highest BCUT2D eigenvalue weighted by Gasteiger charge is 2.43. The molecule has 4 rings (SSSR count). The Labute approximate surface area is 142 Å². The minimum atomic E-state index is -0.00372. The van der Waals surface area contributed by atoms with Crippen molar-refractivity contribution in [2.24, 2.45) is 17.8 Å². The summed E-state index contributed by atoms with van der Waals surface area (Å²) in [6.07, 6.45) is 12.7. The second-order valence-corrected chi connectivity index (χ2v) is 7.75. The van der Waals surface area contributed by atoms with Crippen LogP contribution in [-0.4, -0.2) is 27.6 Å². The molecule has 6 heteroatoms. The molecule has 3 saturated carbocycles. The van der Waals surface area contributed by atoms with Crippen LogP contribution in [0.25, 0.3) is 0 Å². The van der Waals surface area contributed by atoms with Crippen molar-refractivity contribution in [3.63, 3.8) is 0 Å². The molecule has 0 aliphatic heterocycles. The van der Waals surface area contributed by atoms with E-state index in [0.29, 0.717) is 17.6 Å². The minimum absolute atomic E-state index is 0.00372. The van der Waals surface area contributed by atoms with E-state index < -0.39 is 0 Å². The Bertz CT molecular complexity index is 620. The zero-order valence-corrected chi connectivity index (χ0v) is 14.0. The molecule has 2 N–H and O–H groups in total. The fraction of sp³-hybridized carbons (Fsp3) is 0.722. The molecule has 0 saturated heterocycles. The van der Waals surface area contributed by atoms with Crippen LogP contribution in [0, 0.1) is 17.8 Å². The maximum Gasteiger partial charge on any atom is 0.241 e. The van der Waals surface area contributed by atoms with Gasteiger partial charge in [-0.2, -0.15) is 5.10 Å². The van der Waals surface area contributed by atoms with Gasteiger partial charge in [0.1, 0.15) is 6.54 Å². The van der Waals surface area contributed by atoms with Crippen LogP contribution in [0.15, 0.2) is 12.4 Å². The van der Waals surface area contributed by atoms with Gasteiger partial charge in [0.25, 0.3) is 0 Å². The monoisotopic (exact) mass is 330 g/mol. The molecule has 3 atom stereocenters.